The van der Waals surface area contributed by atoms with E-state index < -0.39 is 0 Å². The molecule has 22 heavy (non-hydrogen) atoms. The highest BCUT2D eigenvalue weighted by Crippen LogP contribution is 2.29. The van der Waals surface area contributed by atoms with Gasteiger partial charge in [0.25, 0.3) is 0 Å². The molecule has 2 aromatic heterocycles. The van der Waals surface area contributed by atoms with Crippen LogP contribution in [-0.2, 0) is 4.79 Å². The van der Waals surface area contributed by atoms with E-state index in [4.69, 9.17) is 4.74 Å². The van der Waals surface area contributed by atoms with Gasteiger partial charge in [0.15, 0.2) is 0 Å². The van der Waals surface area contributed by atoms with Crippen LogP contribution in [0, 0.1) is 5.92 Å². The summed E-state index contributed by atoms with van der Waals surface area (Å²) >= 11 is 1.55. The van der Waals surface area contributed by atoms with Crippen molar-refractivity contribution in [3.05, 3.63) is 42.0 Å². The van der Waals surface area contributed by atoms with Crippen LogP contribution in [0.15, 0.2) is 42.0 Å². The number of anilines is 1. The van der Waals surface area contributed by atoms with Gasteiger partial charge in [0, 0.05) is 11.6 Å². The van der Waals surface area contributed by atoms with Gasteiger partial charge in [0.1, 0.15) is 16.9 Å². The third kappa shape index (κ3) is 3.07. The van der Waals surface area contributed by atoms with Crippen LogP contribution in [0.1, 0.15) is 13.8 Å². The van der Waals surface area contributed by atoms with Crippen molar-refractivity contribution in [1.29, 1.82) is 0 Å². The normalized spacial score (nSPS) is 10.9. The third-order valence-electron chi connectivity index (χ3n) is 3.09. The Kier molecular flexibility index (Phi) is 4.02. The second-order valence-electron chi connectivity index (χ2n) is 5.09. The number of carbonyl (C=O) groups is 1. The van der Waals surface area contributed by atoms with Gasteiger partial charge in [0.2, 0.25) is 11.8 Å². The van der Waals surface area contributed by atoms with E-state index in [1.54, 1.807) is 23.5 Å². The lowest BCUT2D eigenvalue weighted by Crippen LogP contribution is -2.17. The maximum atomic E-state index is 11.6. The van der Waals surface area contributed by atoms with Crippen LogP contribution in [0.4, 0.5) is 5.69 Å². The lowest BCUT2D eigenvalue weighted by atomic mass is 10.2. The Bertz CT molecular complexity index is 797. The zero-order chi connectivity index (χ0) is 15.5. The number of hydrogen-bond acceptors (Lipinski definition) is 5. The highest BCUT2D eigenvalue weighted by Gasteiger charge is 2.09. The second-order valence-corrected chi connectivity index (χ2v) is 5.98. The third-order valence-corrected chi connectivity index (χ3v) is 3.91. The summed E-state index contributed by atoms with van der Waals surface area (Å²) in [4.78, 5) is 20.9. The van der Waals surface area contributed by atoms with Crippen LogP contribution in [-0.4, -0.2) is 15.9 Å². The molecule has 112 valence electrons. The number of hydrogen-bond donors (Lipinski definition) is 1. The van der Waals surface area contributed by atoms with Crippen LogP contribution in [0.5, 0.6) is 11.6 Å². The Morgan fingerprint density at radius 2 is 1.95 bits per heavy atom. The van der Waals surface area contributed by atoms with Crippen LogP contribution in [0.2, 0.25) is 0 Å². The number of fused-ring (bicyclic) bond motifs is 1. The monoisotopic (exact) mass is 313 g/mol. The van der Waals surface area contributed by atoms with Gasteiger partial charge in [-0.15, -0.1) is 11.3 Å². The first-order chi connectivity index (χ1) is 10.6. The van der Waals surface area contributed by atoms with Crippen LogP contribution in [0.3, 0.4) is 0 Å². The Morgan fingerprint density at radius 1 is 1.18 bits per heavy atom. The van der Waals surface area contributed by atoms with E-state index in [9.17, 15) is 4.79 Å². The molecule has 0 fully saturated rings. The topological polar surface area (TPSA) is 64.1 Å². The van der Waals surface area contributed by atoms with Gasteiger partial charge in [0.05, 0.1) is 5.39 Å². The molecule has 1 N–H and O–H groups in total. The maximum Gasteiger partial charge on any atom is 0.231 e. The molecule has 3 aromatic rings. The van der Waals surface area contributed by atoms with E-state index in [-0.39, 0.29) is 11.8 Å². The smallest absolute Gasteiger partial charge is 0.231 e. The summed E-state index contributed by atoms with van der Waals surface area (Å²) in [7, 11) is 0. The second kappa shape index (κ2) is 6.11. The summed E-state index contributed by atoms with van der Waals surface area (Å²) in [5.41, 5.74) is 0.745. The molecule has 3 rings (SSSR count). The molecule has 0 aliphatic carbocycles. The molecule has 5 nitrogen and oxygen atoms in total. The van der Waals surface area contributed by atoms with Crippen molar-refractivity contribution in [1.82, 2.24) is 9.97 Å². The lowest BCUT2D eigenvalue weighted by Gasteiger charge is -2.09. The summed E-state index contributed by atoms with van der Waals surface area (Å²) in [6, 6.07) is 9.16. The molecule has 0 radical (unpaired) electrons. The predicted molar refractivity (Wildman–Crippen MR) is 87.4 cm³/mol. The molecule has 0 bridgehead atoms. The number of amides is 1. The Labute approximate surface area is 132 Å². The van der Waals surface area contributed by atoms with Gasteiger partial charge in [-0.3, -0.25) is 4.79 Å². The predicted octanol–water partition coefficient (Wildman–Crippen LogP) is 4.08. The number of ether oxygens (including phenoxy) is 1. The first-order valence-electron chi connectivity index (χ1n) is 6.90. The molecular weight excluding hydrogens is 298 g/mol. The van der Waals surface area contributed by atoms with Crippen LogP contribution in [0.25, 0.3) is 10.2 Å². The molecule has 0 aliphatic heterocycles. The van der Waals surface area contributed by atoms with Gasteiger partial charge in [-0.05, 0) is 35.7 Å². The van der Waals surface area contributed by atoms with Gasteiger partial charge in [-0.1, -0.05) is 13.8 Å². The van der Waals surface area contributed by atoms with Crippen molar-refractivity contribution in [3.63, 3.8) is 0 Å². The van der Waals surface area contributed by atoms with Crippen LogP contribution >= 0.6 is 11.3 Å². The number of carbonyl (C=O) groups excluding carboxylic acids is 1. The van der Waals surface area contributed by atoms with Crippen molar-refractivity contribution in [2.24, 2.45) is 5.92 Å². The minimum Gasteiger partial charge on any atom is -0.438 e. The van der Waals surface area contributed by atoms with Gasteiger partial charge >= 0.3 is 0 Å². The average molecular weight is 313 g/mol. The van der Waals surface area contributed by atoms with Gasteiger partial charge in [-0.25, -0.2) is 9.97 Å². The Morgan fingerprint density at radius 3 is 2.68 bits per heavy atom. The quantitative estimate of drug-likeness (QED) is 0.788. The number of aromatic nitrogens is 2. The summed E-state index contributed by atoms with van der Waals surface area (Å²) in [5.74, 6) is 1.13. The van der Waals surface area contributed by atoms with Crippen molar-refractivity contribution >= 4 is 33.1 Å². The SMILES string of the molecule is CC(C)C(=O)Nc1ccc(Oc2ncnc3sccc23)cc1. The molecule has 0 saturated carbocycles. The van der Waals surface area contributed by atoms with E-state index in [2.05, 4.69) is 15.3 Å². The fourth-order valence-corrected chi connectivity index (χ4v) is 2.58. The highest BCUT2D eigenvalue weighted by molar-refractivity contribution is 7.16. The summed E-state index contributed by atoms with van der Waals surface area (Å²) in [6.07, 6.45) is 1.49. The van der Waals surface area contributed by atoms with E-state index >= 15 is 0 Å². The average Bonchev–Trinajstić information content (AvgIpc) is 2.98. The zero-order valence-electron chi connectivity index (χ0n) is 12.2. The molecule has 0 aliphatic rings. The molecular formula is C16H15N3O2S. The number of nitrogens with one attached hydrogen (secondary N) is 1. The first-order valence-corrected chi connectivity index (χ1v) is 7.78. The molecule has 0 saturated heterocycles. The van der Waals surface area contributed by atoms with Crippen molar-refractivity contribution in [2.75, 3.05) is 5.32 Å². The molecule has 2 heterocycles. The van der Waals surface area contributed by atoms with E-state index in [1.807, 2.05) is 37.4 Å². The standard InChI is InChI=1S/C16H15N3O2S/c1-10(2)14(20)19-11-3-5-12(6-4-11)21-15-13-7-8-22-16(13)18-9-17-15/h3-10H,1-2H3,(H,19,20). The minimum absolute atomic E-state index is 0.00977. The summed E-state index contributed by atoms with van der Waals surface area (Å²) in [5, 5.41) is 5.69. The molecule has 0 spiro atoms. The Balaban J connectivity index is 1.76. The zero-order valence-corrected chi connectivity index (χ0v) is 13.1. The van der Waals surface area contributed by atoms with Crippen LogP contribution < -0.4 is 10.1 Å². The maximum absolute atomic E-state index is 11.6. The van der Waals surface area contributed by atoms with E-state index in [1.165, 1.54) is 6.33 Å². The number of thiophene rings is 1. The fraction of sp³-hybridized carbons (Fsp3) is 0.188. The van der Waals surface area contributed by atoms with Crippen molar-refractivity contribution < 1.29 is 9.53 Å². The van der Waals surface area contributed by atoms with Crippen molar-refractivity contribution in [2.45, 2.75) is 13.8 Å². The highest BCUT2D eigenvalue weighted by atomic mass is 32.1. The molecule has 0 unspecified atom stereocenters. The fourth-order valence-electron chi connectivity index (χ4n) is 1.85. The van der Waals surface area contributed by atoms with Crippen molar-refractivity contribution in [3.8, 4) is 11.6 Å². The Hall–Kier alpha value is -2.47. The molecule has 1 amide bonds. The lowest BCUT2D eigenvalue weighted by molar-refractivity contribution is -0.118. The van der Waals surface area contributed by atoms with Gasteiger partial charge < -0.3 is 10.1 Å². The number of benzene rings is 1. The van der Waals surface area contributed by atoms with E-state index in [0.717, 1.165) is 15.9 Å². The van der Waals surface area contributed by atoms with Gasteiger partial charge in [-0.2, -0.15) is 0 Å². The molecule has 1 aromatic carbocycles. The summed E-state index contributed by atoms with van der Waals surface area (Å²) in [6.45, 7) is 3.71. The first kappa shape index (κ1) is 14.5. The molecule has 0 atom stereocenters. The largest absolute Gasteiger partial charge is 0.438 e. The molecule has 6 heteroatoms. The number of rotatable bonds is 4. The number of nitrogens with zero attached hydrogens (tertiary/aromatic N) is 2. The summed E-state index contributed by atoms with van der Waals surface area (Å²) < 4.78 is 5.80. The van der Waals surface area contributed by atoms with E-state index in [0.29, 0.717) is 11.6 Å². The minimum atomic E-state index is -0.0520.